The lowest BCUT2D eigenvalue weighted by Gasteiger charge is -2.23. The van der Waals surface area contributed by atoms with Crippen LogP contribution in [0.4, 0.5) is 0 Å². The molecule has 0 aromatic heterocycles. The summed E-state index contributed by atoms with van der Waals surface area (Å²) in [6.45, 7) is 15.6. The van der Waals surface area contributed by atoms with Crippen LogP contribution in [0.5, 0.6) is 0 Å². The largest absolute Gasteiger partial charge is 0.312 e. The third-order valence-corrected chi connectivity index (χ3v) is 3.84. The molecule has 0 aromatic carbocycles. The molecule has 142 valence electrons. The molecule has 0 bridgehead atoms. The molecule has 2 nitrogen and oxygen atoms in total. The second kappa shape index (κ2) is 18.3. The number of hydrogen-bond donors (Lipinski definition) is 0. The predicted octanol–water partition coefficient (Wildman–Crippen LogP) is 5.92. The van der Waals surface area contributed by atoms with Crippen molar-refractivity contribution < 1.29 is 0 Å². The minimum Gasteiger partial charge on any atom is -0.312 e. The van der Waals surface area contributed by atoms with Crippen molar-refractivity contribution >= 4 is 0 Å². The Morgan fingerprint density at radius 3 is 1.35 bits per heavy atom. The molecule has 0 amide bonds. The van der Waals surface area contributed by atoms with Gasteiger partial charge in [-0.25, -0.2) is 0 Å². The van der Waals surface area contributed by atoms with Crippen molar-refractivity contribution in [2.75, 3.05) is 40.8 Å². The number of rotatable bonds is 13. The van der Waals surface area contributed by atoms with Gasteiger partial charge < -0.3 is 9.80 Å². The fourth-order valence-corrected chi connectivity index (χ4v) is 2.54. The minimum absolute atomic E-state index is 0.859. The molecule has 2 heteroatoms. The zero-order chi connectivity index (χ0) is 18.1. The van der Waals surface area contributed by atoms with E-state index in [2.05, 4.69) is 39.5 Å². The van der Waals surface area contributed by atoms with Crippen molar-refractivity contribution in [3.05, 3.63) is 0 Å². The summed E-state index contributed by atoms with van der Waals surface area (Å²) in [4.78, 5) is 4.72. The van der Waals surface area contributed by atoms with E-state index >= 15 is 0 Å². The molecule has 0 heterocycles. The van der Waals surface area contributed by atoms with Crippen LogP contribution in [0.25, 0.3) is 0 Å². The first-order valence-electron chi connectivity index (χ1n) is 10.1. The lowest BCUT2D eigenvalue weighted by atomic mass is 10.1. The van der Waals surface area contributed by atoms with E-state index in [-0.39, 0.29) is 0 Å². The first-order chi connectivity index (χ1) is 10.8. The molecule has 0 aliphatic rings. The number of unbranched alkanes of at least 4 members (excludes halogenated alkanes) is 3. The summed E-state index contributed by atoms with van der Waals surface area (Å²) in [7, 11) is 6.00. The average molecular weight is 329 g/mol. The van der Waals surface area contributed by atoms with Crippen molar-refractivity contribution in [1.82, 2.24) is 9.80 Å². The molecule has 0 atom stereocenters. The van der Waals surface area contributed by atoms with Crippen molar-refractivity contribution in [3.63, 3.8) is 0 Å². The molecule has 0 saturated carbocycles. The molecule has 0 spiro atoms. The summed E-state index contributed by atoms with van der Waals surface area (Å²) in [5, 5.41) is 0. The van der Waals surface area contributed by atoms with Crippen molar-refractivity contribution in [3.8, 4) is 0 Å². The summed E-state index contributed by atoms with van der Waals surface area (Å²) in [6.07, 6.45) is 11.1. The van der Waals surface area contributed by atoms with E-state index in [9.17, 15) is 0 Å². The Hall–Kier alpha value is -0.0800. The van der Waals surface area contributed by atoms with Crippen LogP contribution in [-0.4, -0.2) is 50.6 Å². The second-order valence-electron chi connectivity index (χ2n) is 8.32. The molecule has 0 N–H and O–H groups in total. The van der Waals surface area contributed by atoms with Crippen LogP contribution in [-0.2, 0) is 0 Å². The molecule has 0 rings (SSSR count). The van der Waals surface area contributed by atoms with Gasteiger partial charge in [-0.2, -0.15) is 0 Å². The van der Waals surface area contributed by atoms with Crippen molar-refractivity contribution in [1.29, 1.82) is 0 Å². The molecular weight excluding hydrogens is 280 g/mol. The van der Waals surface area contributed by atoms with E-state index in [0.29, 0.717) is 0 Å². The van der Waals surface area contributed by atoms with Crippen molar-refractivity contribution in [2.24, 2.45) is 11.8 Å². The molecule has 23 heavy (non-hydrogen) atoms. The monoisotopic (exact) mass is 328 g/mol. The molecule has 0 aliphatic carbocycles. The van der Waals surface area contributed by atoms with E-state index in [0.717, 1.165) is 11.8 Å². The van der Waals surface area contributed by atoms with Gasteiger partial charge >= 0.3 is 0 Å². The lowest BCUT2D eigenvalue weighted by molar-refractivity contribution is 0.248. The molecule has 0 aliphatic heterocycles. The summed E-state index contributed by atoms with van der Waals surface area (Å²) in [6, 6.07) is 0. The highest BCUT2D eigenvalue weighted by atomic mass is 15.1. The molecule has 0 saturated heterocycles. The van der Waals surface area contributed by atoms with E-state index in [4.69, 9.17) is 0 Å². The fourth-order valence-electron chi connectivity index (χ4n) is 2.54. The third-order valence-electron chi connectivity index (χ3n) is 3.84. The van der Waals surface area contributed by atoms with E-state index in [1.54, 1.807) is 0 Å². The number of hydrogen-bond acceptors (Lipinski definition) is 2. The number of nitrogens with zero attached hydrogens (tertiary/aromatic N) is 2. The average Bonchev–Trinajstić information content (AvgIpc) is 2.41. The maximum absolute atomic E-state index is 2.72. The first-order valence-corrected chi connectivity index (χ1v) is 10.1. The van der Waals surface area contributed by atoms with Crippen molar-refractivity contribution in [2.45, 2.75) is 86.0 Å². The minimum atomic E-state index is 0.859. The Balaban J connectivity index is 0. The van der Waals surface area contributed by atoms with E-state index in [1.807, 2.05) is 26.0 Å². The summed E-state index contributed by atoms with van der Waals surface area (Å²) < 4.78 is 0. The Kier molecular flexibility index (Phi) is 20.0. The molecule has 0 aromatic rings. The third kappa shape index (κ3) is 27.1. The summed E-state index contributed by atoms with van der Waals surface area (Å²) >= 11 is 0. The van der Waals surface area contributed by atoms with Gasteiger partial charge in [0.05, 0.1) is 0 Å². The van der Waals surface area contributed by atoms with Crippen LogP contribution < -0.4 is 0 Å². The van der Waals surface area contributed by atoms with Crippen LogP contribution in [0.1, 0.15) is 86.0 Å². The maximum Gasteiger partial charge on any atom is -0.00186 e. The second-order valence-corrected chi connectivity index (χ2v) is 8.32. The topological polar surface area (TPSA) is 6.48 Å². The van der Waals surface area contributed by atoms with Gasteiger partial charge in [0.15, 0.2) is 0 Å². The van der Waals surface area contributed by atoms with E-state index < -0.39 is 0 Å². The van der Waals surface area contributed by atoms with Gasteiger partial charge in [-0.05, 0) is 84.7 Å². The quantitative estimate of drug-likeness (QED) is 0.387. The van der Waals surface area contributed by atoms with Gasteiger partial charge in [0.2, 0.25) is 0 Å². The van der Waals surface area contributed by atoms with Gasteiger partial charge in [-0.15, -0.1) is 0 Å². The van der Waals surface area contributed by atoms with Crippen LogP contribution in [0.3, 0.4) is 0 Å². The zero-order valence-electron chi connectivity index (χ0n) is 17.8. The zero-order valence-corrected chi connectivity index (χ0v) is 17.8. The highest BCUT2D eigenvalue weighted by Gasteiger charge is 2.06. The smallest absolute Gasteiger partial charge is 0.00186 e. The Morgan fingerprint density at radius 2 is 1.00 bits per heavy atom. The predicted molar refractivity (Wildman–Crippen MR) is 108 cm³/mol. The first kappa shape index (κ1) is 25.2. The summed E-state index contributed by atoms with van der Waals surface area (Å²) in [5.74, 6) is 1.72. The Labute approximate surface area is 149 Å². The fraction of sp³-hybridized carbons (Fsp3) is 1.00. The van der Waals surface area contributed by atoms with Gasteiger partial charge in [-0.3, -0.25) is 0 Å². The van der Waals surface area contributed by atoms with Crippen LogP contribution in [0.2, 0.25) is 0 Å². The Morgan fingerprint density at radius 1 is 0.609 bits per heavy atom. The van der Waals surface area contributed by atoms with E-state index in [1.165, 1.54) is 71.0 Å². The molecular formula is C21H48N2. The summed E-state index contributed by atoms with van der Waals surface area (Å²) in [5.41, 5.74) is 0. The standard InChI is InChI=1S/C18H39N.C3H9N/c1-6-7-8-9-14-19(15-10-12-17(2)3)16-11-13-18(4)5;1-4(2)3/h17-18H,6-16H2,1-5H3;1-3H3. The molecule has 0 radical (unpaired) electrons. The normalized spacial score (nSPS) is 11.5. The van der Waals surface area contributed by atoms with Gasteiger partial charge in [0, 0.05) is 0 Å². The SMILES string of the molecule is CCCCCCN(CCCC(C)C)CCCC(C)C.CN(C)C. The van der Waals surface area contributed by atoms with Gasteiger partial charge in [0.1, 0.15) is 0 Å². The van der Waals surface area contributed by atoms with Crippen LogP contribution in [0, 0.1) is 11.8 Å². The van der Waals surface area contributed by atoms with Gasteiger partial charge in [-0.1, -0.05) is 53.9 Å². The highest BCUT2D eigenvalue weighted by Crippen LogP contribution is 2.10. The van der Waals surface area contributed by atoms with Crippen LogP contribution >= 0.6 is 0 Å². The lowest BCUT2D eigenvalue weighted by Crippen LogP contribution is -2.27. The maximum atomic E-state index is 2.72. The highest BCUT2D eigenvalue weighted by molar-refractivity contribution is 4.61. The van der Waals surface area contributed by atoms with Crippen LogP contribution in [0.15, 0.2) is 0 Å². The van der Waals surface area contributed by atoms with Gasteiger partial charge in [0.25, 0.3) is 0 Å². The molecule has 0 fully saturated rings. The molecule has 0 unspecified atom stereocenters. The Bertz CT molecular complexity index is 195.